The first-order valence-electron chi connectivity index (χ1n) is 7.59. The maximum absolute atomic E-state index is 12.0. The van der Waals surface area contributed by atoms with Crippen LogP contribution in [-0.4, -0.2) is 24.3 Å². The van der Waals surface area contributed by atoms with Gasteiger partial charge >= 0.3 is 5.97 Å². The number of thiophene rings is 1. The summed E-state index contributed by atoms with van der Waals surface area (Å²) >= 11 is 1.40. The highest BCUT2D eigenvalue weighted by molar-refractivity contribution is 7.14. The van der Waals surface area contributed by atoms with Crippen molar-refractivity contribution >= 4 is 34.7 Å². The number of ether oxygens (including phenoxy) is 1. The number of carbonyl (C=O) groups excluding carboxylic acids is 3. The van der Waals surface area contributed by atoms with Crippen LogP contribution in [0.25, 0.3) is 0 Å². The third kappa shape index (κ3) is 5.26. The number of hydrogen-bond acceptors (Lipinski definition) is 6. The lowest BCUT2D eigenvalue weighted by Gasteiger charge is -2.05. The summed E-state index contributed by atoms with van der Waals surface area (Å²) in [5.74, 6) is -1.28. The third-order valence-corrected chi connectivity index (χ3v) is 4.53. The number of Topliss-reactive ketones (excluding diaryl/α,β-unsaturated/α-hetero) is 1. The molecule has 6 nitrogen and oxygen atoms in total. The number of anilines is 1. The minimum atomic E-state index is -0.615. The number of nitriles is 1. The zero-order valence-corrected chi connectivity index (χ0v) is 14.4. The van der Waals surface area contributed by atoms with Crippen molar-refractivity contribution in [2.75, 3.05) is 11.9 Å². The zero-order valence-electron chi connectivity index (χ0n) is 13.6. The zero-order chi connectivity index (χ0) is 18.2. The van der Waals surface area contributed by atoms with Gasteiger partial charge in [0.15, 0.2) is 6.61 Å². The van der Waals surface area contributed by atoms with Crippen LogP contribution < -0.4 is 5.32 Å². The summed E-state index contributed by atoms with van der Waals surface area (Å²) in [5, 5.41) is 11.0. The second-order valence-corrected chi connectivity index (χ2v) is 6.25. The second-order valence-electron chi connectivity index (χ2n) is 5.08. The second kappa shape index (κ2) is 8.76. The molecule has 0 atom stereocenters. The highest BCUT2D eigenvalue weighted by Gasteiger charge is 2.13. The Morgan fingerprint density at radius 2 is 1.88 bits per heavy atom. The number of benzene rings is 1. The van der Waals surface area contributed by atoms with Crippen LogP contribution in [0.15, 0.2) is 36.4 Å². The van der Waals surface area contributed by atoms with Gasteiger partial charge in [-0.05, 0) is 42.8 Å². The molecule has 1 N–H and O–H groups in total. The summed E-state index contributed by atoms with van der Waals surface area (Å²) < 4.78 is 5.03. The van der Waals surface area contributed by atoms with E-state index in [1.165, 1.54) is 35.6 Å². The van der Waals surface area contributed by atoms with E-state index in [1.807, 2.05) is 13.0 Å². The van der Waals surface area contributed by atoms with Gasteiger partial charge in [-0.25, -0.2) is 4.79 Å². The molecule has 1 aromatic carbocycles. The quantitative estimate of drug-likeness (QED) is 0.607. The molecule has 0 spiro atoms. The van der Waals surface area contributed by atoms with Gasteiger partial charge in [0.05, 0.1) is 16.5 Å². The van der Waals surface area contributed by atoms with Crippen LogP contribution in [0.1, 0.15) is 38.3 Å². The molecule has 1 heterocycles. The smallest absolute Gasteiger partial charge is 0.338 e. The molecule has 0 aliphatic carbocycles. The Morgan fingerprint density at radius 3 is 2.48 bits per heavy atom. The van der Waals surface area contributed by atoms with Gasteiger partial charge in [-0.3, -0.25) is 9.59 Å². The minimum absolute atomic E-state index is 0.238. The number of carbonyl (C=O) groups is 3. The summed E-state index contributed by atoms with van der Waals surface area (Å²) in [7, 11) is 0. The van der Waals surface area contributed by atoms with Crippen LogP contribution in [0, 0.1) is 11.3 Å². The average molecular weight is 356 g/mol. The molecular formula is C18H16N2O4S. The fourth-order valence-corrected chi connectivity index (χ4v) is 2.84. The molecule has 2 rings (SSSR count). The van der Waals surface area contributed by atoms with Crippen molar-refractivity contribution in [3.63, 3.8) is 0 Å². The van der Waals surface area contributed by atoms with E-state index in [2.05, 4.69) is 5.32 Å². The molecule has 0 aliphatic rings. The SMILES string of the molecule is CCc1ccc(C(=O)COC(=O)c2ccc(NC(=O)CC#N)cc2)s1. The average Bonchev–Trinajstić information content (AvgIpc) is 3.09. The molecule has 1 aromatic heterocycles. The standard InChI is InChI=1S/C18H16N2O4S/c1-2-14-7-8-16(25-14)15(21)11-24-18(23)12-3-5-13(6-4-12)20-17(22)9-10-19/h3-8H,2,9,11H2,1H3,(H,20,22). The first-order valence-corrected chi connectivity index (χ1v) is 8.41. The van der Waals surface area contributed by atoms with E-state index in [-0.39, 0.29) is 24.4 Å². The van der Waals surface area contributed by atoms with Crippen LogP contribution in [0.3, 0.4) is 0 Å². The molecule has 1 amide bonds. The maximum atomic E-state index is 12.0. The number of hydrogen-bond donors (Lipinski definition) is 1. The van der Waals surface area contributed by atoms with Crippen molar-refractivity contribution in [1.82, 2.24) is 0 Å². The molecule has 0 saturated heterocycles. The van der Waals surface area contributed by atoms with Gasteiger partial charge in [-0.15, -0.1) is 11.3 Å². The van der Waals surface area contributed by atoms with Crippen LogP contribution in [0.4, 0.5) is 5.69 Å². The number of rotatable bonds is 7. The van der Waals surface area contributed by atoms with Gasteiger partial charge in [-0.1, -0.05) is 6.92 Å². The molecule has 7 heteroatoms. The van der Waals surface area contributed by atoms with E-state index in [1.54, 1.807) is 12.1 Å². The number of aryl methyl sites for hydroxylation is 1. The van der Waals surface area contributed by atoms with Crippen molar-refractivity contribution in [1.29, 1.82) is 5.26 Å². The lowest BCUT2D eigenvalue weighted by Crippen LogP contribution is -2.14. The van der Waals surface area contributed by atoms with Crippen LogP contribution in [0.5, 0.6) is 0 Å². The predicted molar refractivity (Wildman–Crippen MR) is 93.6 cm³/mol. The van der Waals surface area contributed by atoms with Crippen molar-refractivity contribution < 1.29 is 19.1 Å². The van der Waals surface area contributed by atoms with Crippen molar-refractivity contribution in [3.05, 3.63) is 51.7 Å². The molecule has 0 bridgehead atoms. The van der Waals surface area contributed by atoms with Gasteiger partial charge in [0.1, 0.15) is 6.42 Å². The normalized spacial score (nSPS) is 9.92. The monoisotopic (exact) mass is 356 g/mol. The lowest BCUT2D eigenvalue weighted by atomic mass is 10.2. The van der Waals surface area contributed by atoms with Gasteiger partial charge in [0, 0.05) is 10.6 Å². The first kappa shape index (κ1) is 18.4. The fraction of sp³-hybridized carbons (Fsp3) is 0.222. The maximum Gasteiger partial charge on any atom is 0.338 e. The highest BCUT2D eigenvalue weighted by Crippen LogP contribution is 2.18. The highest BCUT2D eigenvalue weighted by atomic mass is 32.1. The molecule has 0 aliphatic heterocycles. The van der Waals surface area contributed by atoms with Crippen LogP contribution in [0.2, 0.25) is 0 Å². The molecular weight excluding hydrogens is 340 g/mol. The fourth-order valence-electron chi connectivity index (χ4n) is 1.97. The summed E-state index contributed by atoms with van der Waals surface area (Å²) in [6, 6.07) is 11.4. The van der Waals surface area contributed by atoms with Crippen molar-refractivity contribution in [2.45, 2.75) is 19.8 Å². The van der Waals surface area contributed by atoms with Crippen LogP contribution in [-0.2, 0) is 16.0 Å². The molecule has 0 fully saturated rings. The molecule has 2 aromatic rings. The molecule has 0 radical (unpaired) electrons. The van der Waals surface area contributed by atoms with Gasteiger partial charge in [0.25, 0.3) is 0 Å². The van der Waals surface area contributed by atoms with Gasteiger partial charge in [0.2, 0.25) is 11.7 Å². The number of esters is 1. The third-order valence-electron chi connectivity index (χ3n) is 3.26. The summed E-state index contributed by atoms with van der Waals surface area (Å²) in [5.41, 5.74) is 0.741. The van der Waals surface area contributed by atoms with E-state index in [0.29, 0.717) is 10.6 Å². The predicted octanol–water partition coefficient (Wildman–Crippen LogP) is 3.20. The Labute approximate surface area is 149 Å². The van der Waals surface area contributed by atoms with Crippen molar-refractivity contribution in [2.24, 2.45) is 0 Å². The van der Waals surface area contributed by atoms with E-state index in [4.69, 9.17) is 10.00 Å². The number of amides is 1. The summed E-state index contributed by atoms with van der Waals surface area (Å²) in [4.78, 5) is 37.0. The number of ketones is 1. The Bertz CT molecular complexity index is 818. The van der Waals surface area contributed by atoms with Crippen LogP contribution >= 0.6 is 11.3 Å². The van der Waals surface area contributed by atoms with Crippen molar-refractivity contribution in [3.8, 4) is 6.07 Å². The van der Waals surface area contributed by atoms with Gasteiger partial charge in [-0.2, -0.15) is 5.26 Å². The Hall–Kier alpha value is -2.98. The molecule has 0 unspecified atom stereocenters. The molecule has 0 saturated carbocycles. The topological polar surface area (TPSA) is 96.3 Å². The minimum Gasteiger partial charge on any atom is -0.454 e. The Kier molecular flexibility index (Phi) is 6.43. The summed E-state index contributed by atoms with van der Waals surface area (Å²) in [6.45, 7) is 1.69. The van der Waals surface area contributed by atoms with E-state index < -0.39 is 11.9 Å². The summed E-state index contributed by atoms with van der Waals surface area (Å²) in [6.07, 6.45) is 0.614. The van der Waals surface area contributed by atoms with E-state index in [0.717, 1.165) is 11.3 Å². The number of nitrogens with one attached hydrogen (secondary N) is 1. The largest absolute Gasteiger partial charge is 0.454 e. The molecule has 128 valence electrons. The lowest BCUT2D eigenvalue weighted by molar-refractivity contribution is -0.115. The van der Waals surface area contributed by atoms with E-state index in [9.17, 15) is 14.4 Å². The first-order chi connectivity index (χ1) is 12.0. The van der Waals surface area contributed by atoms with E-state index >= 15 is 0 Å². The van der Waals surface area contributed by atoms with Gasteiger partial charge < -0.3 is 10.1 Å². The Morgan fingerprint density at radius 1 is 1.16 bits per heavy atom. The number of nitrogens with zero attached hydrogens (tertiary/aromatic N) is 1. The molecule has 25 heavy (non-hydrogen) atoms. The Balaban J connectivity index is 1.89.